The topological polar surface area (TPSA) is 71.3 Å². The highest BCUT2D eigenvalue weighted by atomic mass is 35.5. The number of fused-ring (bicyclic) bond motifs is 1. The SMILES string of the molecule is COc1cc(/C=C(/C#N)C(=O)Nc2cccc(C)c2)cc(Cl)c1OCc1cccc2ccccc12. The van der Waals surface area contributed by atoms with Crippen molar-refractivity contribution in [3.05, 3.63) is 106 Å². The zero-order valence-electron chi connectivity index (χ0n) is 19.3. The second kappa shape index (κ2) is 10.8. The highest BCUT2D eigenvalue weighted by Gasteiger charge is 2.15. The number of halogens is 1. The number of nitrogens with zero attached hydrogens (tertiary/aromatic N) is 1. The first kappa shape index (κ1) is 23.9. The minimum atomic E-state index is -0.510. The molecule has 174 valence electrons. The number of carbonyl (C=O) groups excluding carboxylic acids is 1. The molecule has 1 amide bonds. The summed E-state index contributed by atoms with van der Waals surface area (Å²) in [6.07, 6.45) is 1.47. The molecule has 6 heteroatoms. The average Bonchev–Trinajstić information content (AvgIpc) is 2.86. The Morgan fingerprint density at radius 1 is 1.06 bits per heavy atom. The van der Waals surface area contributed by atoms with Crippen LogP contribution in [-0.2, 0) is 11.4 Å². The first-order chi connectivity index (χ1) is 17.0. The quantitative estimate of drug-likeness (QED) is 0.229. The van der Waals surface area contributed by atoms with Crippen molar-refractivity contribution in [1.29, 1.82) is 5.26 Å². The van der Waals surface area contributed by atoms with Crippen molar-refractivity contribution < 1.29 is 14.3 Å². The van der Waals surface area contributed by atoms with Crippen LogP contribution in [0.25, 0.3) is 16.8 Å². The molecule has 4 aromatic rings. The van der Waals surface area contributed by atoms with Crippen LogP contribution >= 0.6 is 11.6 Å². The molecule has 0 spiro atoms. The van der Waals surface area contributed by atoms with Crippen molar-refractivity contribution in [2.24, 2.45) is 0 Å². The monoisotopic (exact) mass is 482 g/mol. The van der Waals surface area contributed by atoms with Gasteiger partial charge in [-0.3, -0.25) is 4.79 Å². The highest BCUT2D eigenvalue weighted by molar-refractivity contribution is 6.32. The highest BCUT2D eigenvalue weighted by Crippen LogP contribution is 2.38. The van der Waals surface area contributed by atoms with Crippen LogP contribution in [0.3, 0.4) is 0 Å². The molecule has 0 bridgehead atoms. The third-order valence-electron chi connectivity index (χ3n) is 5.46. The molecule has 4 rings (SSSR count). The summed E-state index contributed by atoms with van der Waals surface area (Å²) >= 11 is 6.53. The van der Waals surface area contributed by atoms with E-state index >= 15 is 0 Å². The number of hydrogen-bond acceptors (Lipinski definition) is 4. The second-order valence-corrected chi connectivity index (χ2v) is 8.36. The largest absolute Gasteiger partial charge is 0.493 e. The lowest BCUT2D eigenvalue weighted by Gasteiger charge is -2.14. The van der Waals surface area contributed by atoms with Gasteiger partial charge in [-0.2, -0.15) is 5.26 Å². The molecule has 0 aliphatic rings. The number of benzene rings is 4. The van der Waals surface area contributed by atoms with Crippen LogP contribution in [0.15, 0.2) is 84.4 Å². The summed E-state index contributed by atoms with van der Waals surface area (Å²) in [6.45, 7) is 2.23. The number of aryl methyl sites for hydroxylation is 1. The molecule has 0 heterocycles. The number of nitrogens with one attached hydrogen (secondary N) is 1. The maximum Gasteiger partial charge on any atom is 0.266 e. The van der Waals surface area contributed by atoms with Crippen LogP contribution in [0.2, 0.25) is 5.02 Å². The summed E-state index contributed by atoms with van der Waals surface area (Å²) in [5.41, 5.74) is 3.11. The van der Waals surface area contributed by atoms with Gasteiger partial charge in [0.05, 0.1) is 12.1 Å². The Morgan fingerprint density at radius 3 is 2.60 bits per heavy atom. The van der Waals surface area contributed by atoms with Gasteiger partial charge in [-0.25, -0.2) is 0 Å². The predicted octanol–water partition coefficient (Wildman–Crippen LogP) is 6.93. The Labute approximate surface area is 209 Å². The van der Waals surface area contributed by atoms with Gasteiger partial charge in [0, 0.05) is 5.69 Å². The van der Waals surface area contributed by atoms with Gasteiger partial charge in [0.25, 0.3) is 5.91 Å². The van der Waals surface area contributed by atoms with Crippen LogP contribution in [0.1, 0.15) is 16.7 Å². The fourth-order valence-electron chi connectivity index (χ4n) is 3.77. The number of anilines is 1. The van der Waals surface area contributed by atoms with E-state index in [9.17, 15) is 10.1 Å². The van der Waals surface area contributed by atoms with E-state index in [4.69, 9.17) is 21.1 Å². The van der Waals surface area contributed by atoms with Crippen molar-refractivity contribution >= 4 is 40.0 Å². The summed E-state index contributed by atoms with van der Waals surface area (Å²) in [4.78, 5) is 12.6. The molecule has 5 nitrogen and oxygen atoms in total. The summed E-state index contributed by atoms with van der Waals surface area (Å²) in [7, 11) is 1.51. The normalized spacial score (nSPS) is 11.1. The zero-order chi connectivity index (χ0) is 24.8. The third-order valence-corrected chi connectivity index (χ3v) is 5.74. The Kier molecular flexibility index (Phi) is 7.35. The summed E-state index contributed by atoms with van der Waals surface area (Å²) in [5.74, 6) is 0.284. The number of ether oxygens (including phenoxy) is 2. The molecule has 0 saturated heterocycles. The van der Waals surface area contributed by atoms with Crippen molar-refractivity contribution in [2.75, 3.05) is 12.4 Å². The minimum absolute atomic E-state index is 0.0611. The fourth-order valence-corrected chi connectivity index (χ4v) is 4.04. The summed E-state index contributed by atoms with van der Waals surface area (Å²) < 4.78 is 11.6. The zero-order valence-corrected chi connectivity index (χ0v) is 20.1. The van der Waals surface area contributed by atoms with E-state index in [0.717, 1.165) is 21.9 Å². The van der Waals surface area contributed by atoms with Crippen LogP contribution in [-0.4, -0.2) is 13.0 Å². The molecule has 4 aromatic carbocycles. The van der Waals surface area contributed by atoms with E-state index in [2.05, 4.69) is 17.4 Å². The molecule has 0 unspecified atom stereocenters. The fraction of sp³-hybridized carbons (Fsp3) is 0.103. The molecular formula is C29H23ClN2O3. The number of hydrogen-bond donors (Lipinski definition) is 1. The van der Waals surface area contributed by atoms with E-state index in [0.29, 0.717) is 34.4 Å². The molecule has 0 fully saturated rings. The van der Waals surface area contributed by atoms with Gasteiger partial charge in [-0.15, -0.1) is 0 Å². The lowest BCUT2D eigenvalue weighted by atomic mass is 10.1. The number of amides is 1. The number of nitriles is 1. The lowest BCUT2D eigenvalue weighted by Crippen LogP contribution is -2.13. The van der Waals surface area contributed by atoms with Crippen LogP contribution in [0.5, 0.6) is 11.5 Å². The Hall–Kier alpha value is -4.27. The molecule has 0 aromatic heterocycles. The van der Waals surface area contributed by atoms with Crippen LogP contribution in [0, 0.1) is 18.3 Å². The molecule has 35 heavy (non-hydrogen) atoms. The van der Waals surface area contributed by atoms with Gasteiger partial charge in [-0.05, 0) is 64.7 Å². The number of carbonyl (C=O) groups is 1. The van der Waals surface area contributed by atoms with E-state index in [1.54, 1.807) is 18.2 Å². The standard InChI is InChI=1S/C29H23ClN2O3/c1-19-7-5-11-24(13-19)32-29(33)23(17-31)14-20-15-26(30)28(27(16-20)34-2)35-18-22-10-6-9-21-8-3-4-12-25(21)22/h3-16H,18H2,1-2H3,(H,32,33)/b23-14-. The molecule has 0 aliphatic carbocycles. The minimum Gasteiger partial charge on any atom is -0.493 e. The molecule has 0 aliphatic heterocycles. The first-order valence-electron chi connectivity index (χ1n) is 11.0. The van der Waals surface area contributed by atoms with Gasteiger partial charge in [0.1, 0.15) is 18.2 Å². The van der Waals surface area contributed by atoms with E-state index in [-0.39, 0.29) is 5.57 Å². The van der Waals surface area contributed by atoms with E-state index in [1.807, 2.05) is 61.5 Å². The first-order valence-corrected chi connectivity index (χ1v) is 11.3. The summed E-state index contributed by atoms with van der Waals surface area (Å²) in [6, 6.07) is 26.8. The maximum atomic E-state index is 12.6. The van der Waals surface area contributed by atoms with Gasteiger partial charge in [0.15, 0.2) is 11.5 Å². The lowest BCUT2D eigenvalue weighted by molar-refractivity contribution is -0.112. The van der Waals surface area contributed by atoms with E-state index in [1.165, 1.54) is 13.2 Å². The average molecular weight is 483 g/mol. The molecule has 1 N–H and O–H groups in total. The number of rotatable bonds is 7. The van der Waals surface area contributed by atoms with Crippen molar-refractivity contribution in [2.45, 2.75) is 13.5 Å². The van der Waals surface area contributed by atoms with Gasteiger partial charge in [0.2, 0.25) is 0 Å². The molecule has 0 radical (unpaired) electrons. The van der Waals surface area contributed by atoms with E-state index < -0.39 is 5.91 Å². The maximum absolute atomic E-state index is 12.6. The molecule has 0 saturated carbocycles. The molecule has 0 atom stereocenters. The van der Waals surface area contributed by atoms with Gasteiger partial charge >= 0.3 is 0 Å². The third kappa shape index (κ3) is 5.63. The smallest absolute Gasteiger partial charge is 0.266 e. The predicted molar refractivity (Wildman–Crippen MR) is 140 cm³/mol. The molecular weight excluding hydrogens is 460 g/mol. The van der Waals surface area contributed by atoms with Crippen LogP contribution < -0.4 is 14.8 Å². The Bertz CT molecular complexity index is 1470. The van der Waals surface area contributed by atoms with Crippen molar-refractivity contribution in [3.63, 3.8) is 0 Å². The number of methoxy groups -OCH3 is 1. The van der Waals surface area contributed by atoms with Crippen molar-refractivity contribution in [3.8, 4) is 17.6 Å². The Balaban J connectivity index is 1.57. The van der Waals surface area contributed by atoms with Gasteiger partial charge < -0.3 is 14.8 Å². The summed E-state index contributed by atoms with van der Waals surface area (Å²) in [5, 5.41) is 14.8. The Morgan fingerprint density at radius 2 is 1.83 bits per heavy atom. The van der Waals surface area contributed by atoms with Crippen molar-refractivity contribution in [1.82, 2.24) is 0 Å². The van der Waals surface area contributed by atoms with Crippen LogP contribution in [0.4, 0.5) is 5.69 Å². The second-order valence-electron chi connectivity index (χ2n) is 7.95. The van der Waals surface area contributed by atoms with Gasteiger partial charge in [-0.1, -0.05) is 66.2 Å².